The highest BCUT2D eigenvalue weighted by Crippen LogP contribution is 2.33. The van der Waals surface area contributed by atoms with Crippen molar-refractivity contribution in [2.24, 2.45) is 5.73 Å². The molecule has 2 N–H and O–H groups in total. The summed E-state index contributed by atoms with van der Waals surface area (Å²) < 4.78 is 5.68. The lowest BCUT2D eigenvalue weighted by Gasteiger charge is -2.12. The van der Waals surface area contributed by atoms with Crippen molar-refractivity contribution in [3.8, 4) is 11.6 Å². The van der Waals surface area contributed by atoms with Crippen molar-refractivity contribution in [3.63, 3.8) is 0 Å². The fourth-order valence-corrected chi connectivity index (χ4v) is 1.93. The molecule has 0 aliphatic heterocycles. The van der Waals surface area contributed by atoms with Crippen LogP contribution in [0.15, 0.2) is 18.2 Å². The Morgan fingerprint density at radius 3 is 2.43 bits per heavy atom. The van der Waals surface area contributed by atoms with E-state index >= 15 is 0 Å². The number of nitrogens with two attached hydrogens (primary N) is 1. The van der Waals surface area contributed by atoms with Crippen LogP contribution < -0.4 is 10.5 Å². The minimum atomic E-state index is 0. The van der Waals surface area contributed by atoms with Crippen LogP contribution >= 0.6 is 48.0 Å². The van der Waals surface area contributed by atoms with Crippen LogP contribution in [-0.4, -0.2) is 10.2 Å². The van der Waals surface area contributed by atoms with E-state index in [0.29, 0.717) is 28.2 Å². The minimum absolute atomic E-state index is 0. The second-order valence-electron chi connectivity index (χ2n) is 4.08. The third-order valence-electron chi connectivity index (χ3n) is 2.85. The van der Waals surface area contributed by atoms with E-state index in [4.69, 9.17) is 33.7 Å². The summed E-state index contributed by atoms with van der Waals surface area (Å²) in [6, 6.07) is 4.98. The molecule has 0 amide bonds. The molecule has 0 aliphatic rings. The molecule has 0 atom stereocenters. The van der Waals surface area contributed by atoms with Crippen molar-refractivity contribution in [2.45, 2.75) is 20.4 Å². The number of ether oxygens (including phenoxy) is 1. The predicted octanol–water partition coefficient (Wildman–Crippen LogP) is 4.49. The average Bonchev–Trinajstić information content (AvgIpc) is 2.38. The molecule has 8 heteroatoms. The number of benzene rings is 1. The third-order valence-corrected chi connectivity index (χ3v) is 3.40. The number of hydrogen-bond acceptors (Lipinski definition) is 4. The van der Waals surface area contributed by atoms with E-state index in [0.717, 1.165) is 16.8 Å². The Morgan fingerprint density at radius 1 is 1.14 bits per heavy atom. The Balaban J connectivity index is 0.00000200. The van der Waals surface area contributed by atoms with Gasteiger partial charge in [0.15, 0.2) is 0 Å². The number of aromatic nitrogens is 2. The lowest BCUT2D eigenvalue weighted by molar-refractivity contribution is 0.446. The monoisotopic (exact) mass is 369 g/mol. The van der Waals surface area contributed by atoms with Crippen molar-refractivity contribution >= 4 is 48.0 Å². The lowest BCUT2D eigenvalue weighted by atomic mass is 10.1. The molecule has 0 bridgehead atoms. The Hall–Kier alpha value is -0.780. The predicted molar refractivity (Wildman–Crippen MR) is 90.4 cm³/mol. The van der Waals surface area contributed by atoms with E-state index in [2.05, 4.69) is 10.2 Å². The first-order valence-electron chi connectivity index (χ1n) is 5.68. The van der Waals surface area contributed by atoms with Crippen molar-refractivity contribution in [1.82, 2.24) is 10.2 Å². The molecule has 4 nitrogen and oxygen atoms in total. The van der Waals surface area contributed by atoms with Crippen molar-refractivity contribution in [2.75, 3.05) is 0 Å². The largest absolute Gasteiger partial charge is 0.436 e. The first kappa shape index (κ1) is 20.2. The second kappa shape index (κ2) is 8.61. The van der Waals surface area contributed by atoms with Crippen LogP contribution in [0.2, 0.25) is 10.0 Å². The van der Waals surface area contributed by atoms with Crippen LogP contribution in [0.1, 0.15) is 16.8 Å². The Bertz CT molecular complexity index is 623. The zero-order valence-electron chi connectivity index (χ0n) is 11.4. The molecule has 0 saturated heterocycles. The Morgan fingerprint density at radius 2 is 1.81 bits per heavy atom. The van der Waals surface area contributed by atoms with Gasteiger partial charge in [-0.15, -0.1) is 29.9 Å². The summed E-state index contributed by atoms with van der Waals surface area (Å²) >= 11 is 12.0. The molecule has 2 aromatic rings. The second-order valence-corrected chi connectivity index (χ2v) is 4.92. The number of hydrogen-bond donors (Lipinski definition) is 1. The van der Waals surface area contributed by atoms with Crippen LogP contribution in [0.5, 0.6) is 11.6 Å². The molecule has 0 saturated carbocycles. The zero-order valence-corrected chi connectivity index (χ0v) is 14.5. The molecule has 0 radical (unpaired) electrons. The molecule has 1 aromatic carbocycles. The van der Waals surface area contributed by atoms with Gasteiger partial charge in [0, 0.05) is 23.2 Å². The summed E-state index contributed by atoms with van der Waals surface area (Å²) in [4.78, 5) is 0. The van der Waals surface area contributed by atoms with Gasteiger partial charge in [-0.25, -0.2) is 0 Å². The summed E-state index contributed by atoms with van der Waals surface area (Å²) in [6.07, 6.45) is 0. The molecule has 0 unspecified atom stereocenters. The van der Waals surface area contributed by atoms with Crippen molar-refractivity contribution in [3.05, 3.63) is 45.1 Å². The van der Waals surface area contributed by atoms with Gasteiger partial charge in [0.25, 0.3) is 0 Å². The molecule has 1 aromatic heterocycles. The smallest absolute Gasteiger partial charge is 0.243 e. The number of nitrogens with zero attached hydrogens (tertiary/aromatic N) is 2. The van der Waals surface area contributed by atoms with Gasteiger partial charge in [-0.05, 0) is 31.5 Å². The van der Waals surface area contributed by atoms with Crippen LogP contribution in [0.25, 0.3) is 0 Å². The first-order chi connectivity index (χ1) is 9.02. The highest BCUT2D eigenvalue weighted by molar-refractivity contribution is 6.34. The summed E-state index contributed by atoms with van der Waals surface area (Å²) in [6.45, 7) is 4.12. The molecule has 1 heterocycles. The molecular formula is C13H15Cl4N3O. The van der Waals surface area contributed by atoms with Crippen molar-refractivity contribution < 1.29 is 4.74 Å². The number of halogens is 4. The van der Waals surface area contributed by atoms with Gasteiger partial charge < -0.3 is 10.5 Å². The SMILES string of the molecule is Cc1nnc(Oc2cc(Cl)ccc2Cl)c(CN)c1C.Cl.Cl. The van der Waals surface area contributed by atoms with Crippen molar-refractivity contribution in [1.29, 1.82) is 0 Å². The van der Waals surface area contributed by atoms with E-state index in [9.17, 15) is 0 Å². The van der Waals surface area contributed by atoms with Crippen LogP contribution in [-0.2, 0) is 6.54 Å². The molecule has 0 fully saturated rings. The maximum atomic E-state index is 6.05. The Kier molecular flexibility index (Phi) is 8.29. The van der Waals surface area contributed by atoms with Crippen LogP contribution in [0, 0.1) is 13.8 Å². The highest BCUT2D eigenvalue weighted by Gasteiger charge is 2.13. The van der Waals surface area contributed by atoms with E-state index in [1.165, 1.54) is 0 Å². The van der Waals surface area contributed by atoms with Gasteiger partial charge in [0.05, 0.1) is 10.7 Å². The van der Waals surface area contributed by atoms with Gasteiger partial charge in [0.1, 0.15) is 5.75 Å². The molecule has 2 rings (SSSR count). The lowest BCUT2D eigenvalue weighted by Crippen LogP contribution is -2.07. The average molecular weight is 371 g/mol. The molecule has 21 heavy (non-hydrogen) atoms. The van der Waals surface area contributed by atoms with Gasteiger partial charge in [-0.1, -0.05) is 23.2 Å². The molecule has 116 valence electrons. The summed E-state index contributed by atoms with van der Waals surface area (Å²) in [7, 11) is 0. The highest BCUT2D eigenvalue weighted by atomic mass is 35.5. The quantitative estimate of drug-likeness (QED) is 0.864. The van der Waals surface area contributed by atoms with E-state index in [1.54, 1.807) is 18.2 Å². The van der Waals surface area contributed by atoms with Crippen LogP contribution in [0.4, 0.5) is 0 Å². The Labute approximate surface area is 145 Å². The minimum Gasteiger partial charge on any atom is -0.436 e. The van der Waals surface area contributed by atoms with Crippen LogP contribution in [0.3, 0.4) is 0 Å². The van der Waals surface area contributed by atoms with E-state index < -0.39 is 0 Å². The molecule has 0 aliphatic carbocycles. The van der Waals surface area contributed by atoms with Gasteiger partial charge in [-0.3, -0.25) is 0 Å². The van der Waals surface area contributed by atoms with E-state index in [-0.39, 0.29) is 24.8 Å². The topological polar surface area (TPSA) is 61.0 Å². The first-order valence-corrected chi connectivity index (χ1v) is 6.44. The van der Waals surface area contributed by atoms with E-state index in [1.807, 2.05) is 13.8 Å². The number of aryl methyl sites for hydroxylation is 1. The summed E-state index contributed by atoms with van der Waals surface area (Å²) in [5.41, 5.74) is 8.33. The fourth-order valence-electron chi connectivity index (χ4n) is 1.62. The standard InChI is InChI=1S/C13H13Cl2N3O.2ClH/c1-7-8(2)17-18-13(10(7)6-16)19-12-5-9(14)3-4-11(12)15;;/h3-5H,6,16H2,1-2H3;2*1H. The summed E-state index contributed by atoms with van der Waals surface area (Å²) in [5.74, 6) is 0.788. The maximum Gasteiger partial charge on any atom is 0.243 e. The van der Waals surface area contributed by atoms with Gasteiger partial charge in [-0.2, -0.15) is 5.10 Å². The fraction of sp³-hybridized carbons (Fsp3) is 0.231. The normalized spacial score (nSPS) is 9.57. The summed E-state index contributed by atoms with van der Waals surface area (Å²) in [5, 5.41) is 9.04. The molecular weight excluding hydrogens is 356 g/mol. The zero-order chi connectivity index (χ0) is 14.0. The maximum absolute atomic E-state index is 6.05. The van der Waals surface area contributed by atoms with Gasteiger partial charge in [0.2, 0.25) is 5.88 Å². The third kappa shape index (κ3) is 4.59. The molecule has 0 spiro atoms. The van der Waals surface area contributed by atoms with Gasteiger partial charge >= 0.3 is 0 Å². The number of rotatable bonds is 3.